The monoisotopic (exact) mass is 370 g/mol. The van der Waals surface area contributed by atoms with Gasteiger partial charge in [-0.3, -0.25) is 0 Å². The van der Waals surface area contributed by atoms with Crippen LogP contribution in [0.2, 0.25) is 0 Å². The van der Waals surface area contributed by atoms with Gasteiger partial charge in [-0.15, -0.1) is 0 Å². The van der Waals surface area contributed by atoms with E-state index in [4.69, 9.17) is 4.42 Å². The zero-order chi connectivity index (χ0) is 18.5. The number of benzene rings is 2. The third-order valence-corrected chi connectivity index (χ3v) is 6.51. The summed E-state index contributed by atoms with van der Waals surface area (Å²) < 4.78 is 48.1. The Morgan fingerprint density at radius 1 is 0.778 bits per heavy atom. The van der Waals surface area contributed by atoms with Crippen molar-refractivity contribution in [3.63, 3.8) is 0 Å². The molecule has 1 nitrogen and oxygen atoms in total. The van der Waals surface area contributed by atoms with E-state index in [-0.39, 0.29) is 11.2 Å². The molecule has 0 saturated heterocycles. The lowest BCUT2D eigenvalue weighted by Crippen LogP contribution is -2.14. The molecule has 0 amide bonds. The van der Waals surface area contributed by atoms with Crippen molar-refractivity contribution in [3.8, 4) is 0 Å². The number of halogens is 3. The maximum Gasteiger partial charge on any atom is 0.201 e. The van der Waals surface area contributed by atoms with Gasteiger partial charge in [0.15, 0.2) is 22.8 Å². The van der Waals surface area contributed by atoms with Crippen LogP contribution in [0.25, 0.3) is 27.5 Å². The van der Waals surface area contributed by atoms with E-state index in [2.05, 4.69) is 6.08 Å². The predicted molar refractivity (Wildman–Crippen MR) is 101 cm³/mol. The number of rotatable bonds is 2. The second-order valence-corrected chi connectivity index (χ2v) is 7.95. The molecule has 2 aromatic carbocycles. The lowest BCUT2D eigenvalue weighted by molar-refractivity contribution is 0.317. The van der Waals surface area contributed by atoms with Crippen LogP contribution in [0.3, 0.4) is 0 Å². The molecule has 0 N–H and O–H groups in total. The van der Waals surface area contributed by atoms with Gasteiger partial charge >= 0.3 is 0 Å². The first kappa shape index (κ1) is 16.9. The highest BCUT2D eigenvalue weighted by molar-refractivity contribution is 6.06. The fourth-order valence-electron chi connectivity index (χ4n) is 5.02. The van der Waals surface area contributed by atoms with Gasteiger partial charge in [0.1, 0.15) is 0 Å². The lowest BCUT2D eigenvalue weighted by atomic mass is 9.78. The maximum atomic E-state index is 15.2. The highest BCUT2D eigenvalue weighted by atomic mass is 19.2. The van der Waals surface area contributed by atoms with Crippen molar-refractivity contribution in [2.24, 2.45) is 11.8 Å². The van der Waals surface area contributed by atoms with Crippen molar-refractivity contribution < 1.29 is 17.6 Å². The molecular formula is C23H21F3O. The highest BCUT2D eigenvalue weighted by Gasteiger charge is 2.28. The molecule has 1 aromatic heterocycles. The Morgan fingerprint density at radius 3 is 2.19 bits per heavy atom. The summed E-state index contributed by atoms with van der Waals surface area (Å²) in [7, 11) is 0. The van der Waals surface area contributed by atoms with Crippen molar-refractivity contribution in [1.82, 2.24) is 0 Å². The molecule has 0 radical (unpaired) electrons. The molecule has 1 heterocycles. The average molecular weight is 370 g/mol. The zero-order valence-electron chi connectivity index (χ0n) is 15.0. The molecule has 4 heteroatoms. The standard InChI is InChI=1S/C23H21F3O/c24-19-12-11-18-17-10-9-16(20(25)22(17)27-23(18)21(19)26)15-7-5-14(6-8-15)13-3-1-2-4-13/h7,9-14H,1-6,8H2. The smallest absolute Gasteiger partial charge is 0.201 e. The first-order chi connectivity index (χ1) is 13.1. The van der Waals surface area contributed by atoms with Gasteiger partial charge in [0.2, 0.25) is 5.82 Å². The predicted octanol–water partition coefficient (Wildman–Crippen LogP) is 7.38. The summed E-state index contributed by atoms with van der Waals surface area (Å²) in [6.45, 7) is 0. The van der Waals surface area contributed by atoms with Crippen molar-refractivity contribution >= 4 is 27.5 Å². The van der Waals surface area contributed by atoms with Gasteiger partial charge < -0.3 is 4.42 Å². The van der Waals surface area contributed by atoms with E-state index in [0.29, 0.717) is 22.3 Å². The van der Waals surface area contributed by atoms with E-state index in [9.17, 15) is 8.78 Å². The van der Waals surface area contributed by atoms with Gasteiger partial charge in [0.25, 0.3) is 0 Å². The van der Waals surface area contributed by atoms with Gasteiger partial charge in [-0.1, -0.05) is 37.8 Å². The minimum absolute atomic E-state index is 0.00539. The number of furan rings is 1. The van der Waals surface area contributed by atoms with Crippen LogP contribution in [0.15, 0.2) is 34.8 Å². The molecule has 0 aliphatic heterocycles. The topological polar surface area (TPSA) is 13.1 Å². The number of fused-ring (bicyclic) bond motifs is 3. The Kier molecular flexibility index (Phi) is 4.03. The van der Waals surface area contributed by atoms with Crippen molar-refractivity contribution in [3.05, 3.63) is 53.4 Å². The minimum atomic E-state index is -1.07. The van der Waals surface area contributed by atoms with Gasteiger partial charge in [0, 0.05) is 16.3 Å². The number of hydrogen-bond acceptors (Lipinski definition) is 1. The molecule has 3 aromatic rings. The SMILES string of the molecule is Fc1ccc2c(oc3c(F)c(C4=CCC(C5CCCC5)CC4)ccc32)c1F. The molecule has 1 saturated carbocycles. The molecule has 2 aliphatic rings. The van der Waals surface area contributed by atoms with Crippen LogP contribution in [0.1, 0.15) is 50.5 Å². The van der Waals surface area contributed by atoms with E-state index in [1.165, 1.54) is 31.7 Å². The number of allylic oxidation sites excluding steroid dienone is 2. The molecule has 1 atom stereocenters. The lowest BCUT2D eigenvalue weighted by Gasteiger charge is -2.27. The van der Waals surface area contributed by atoms with Crippen LogP contribution in [0, 0.1) is 29.3 Å². The number of hydrogen-bond donors (Lipinski definition) is 0. The quantitative estimate of drug-likeness (QED) is 0.459. The van der Waals surface area contributed by atoms with Gasteiger partial charge in [-0.05, 0) is 54.9 Å². The first-order valence-electron chi connectivity index (χ1n) is 9.81. The van der Waals surface area contributed by atoms with Crippen LogP contribution in [-0.4, -0.2) is 0 Å². The first-order valence-corrected chi connectivity index (χ1v) is 9.81. The zero-order valence-corrected chi connectivity index (χ0v) is 15.0. The summed E-state index contributed by atoms with van der Waals surface area (Å²) >= 11 is 0. The second kappa shape index (κ2) is 6.43. The molecule has 27 heavy (non-hydrogen) atoms. The second-order valence-electron chi connectivity index (χ2n) is 7.95. The Morgan fingerprint density at radius 2 is 1.48 bits per heavy atom. The highest BCUT2D eigenvalue weighted by Crippen LogP contribution is 2.42. The summed E-state index contributed by atoms with van der Waals surface area (Å²) in [6, 6.07) is 5.98. The molecular weight excluding hydrogens is 349 g/mol. The molecule has 0 spiro atoms. The van der Waals surface area contributed by atoms with Crippen LogP contribution < -0.4 is 0 Å². The van der Waals surface area contributed by atoms with Gasteiger partial charge in [0.05, 0.1) is 0 Å². The Balaban J connectivity index is 1.53. The Hall–Kier alpha value is -2.23. The summed E-state index contributed by atoms with van der Waals surface area (Å²) in [5.74, 6) is -1.00. The van der Waals surface area contributed by atoms with Crippen molar-refractivity contribution in [2.45, 2.75) is 44.9 Å². The normalized spacial score (nSPS) is 21.3. The molecule has 140 valence electrons. The van der Waals surface area contributed by atoms with E-state index < -0.39 is 17.5 Å². The average Bonchev–Trinajstić information content (AvgIpc) is 3.34. The summed E-state index contributed by atoms with van der Waals surface area (Å²) in [6.07, 6.45) is 10.4. The fourth-order valence-corrected chi connectivity index (χ4v) is 5.02. The van der Waals surface area contributed by atoms with Crippen molar-refractivity contribution in [2.75, 3.05) is 0 Å². The largest absolute Gasteiger partial charge is 0.450 e. The fraction of sp³-hybridized carbons (Fsp3) is 0.391. The van der Waals surface area contributed by atoms with Gasteiger partial charge in [-0.2, -0.15) is 4.39 Å². The van der Waals surface area contributed by atoms with E-state index in [1.54, 1.807) is 12.1 Å². The third kappa shape index (κ3) is 2.69. The van der Waals surface area contributed by atoms with Crippen LogP contribution in [0.5, 0.6) is 0 Å². The summed E-state index contributed by atoms with van der Waals surface area (Å²) in [5, 5.41) is 0.874. The molecule has 5 rings (SSSR count). The summed E-state index contributed by atoms with van der Waals surface area (Å²) in [4.78, 5) is 0. The Labute approximate surface area is 155 Å². The molecule has 1 unspecified atom stereocenters. The van der Waals surface area contributed by atoms with Gasteiger partial charge in [-0.25, -0.2) is 8.78 Å². The van der Waals surface area contributed by atoms with Crippen molar-refractivity contribution in [1.29, 1.82) is 0 Å². The van der Waals surface area contributed by atoms with Crippen LogP contribution >= 0.6 is 0 Å². The van der Waals surface area contributed by atoms with E-state index in [0.717, 1.165) is 36.8 Å². The molecule has 0 bridgehead atoms. The van der Waals surface area contributed by atoms with Crippen LogP contribution in [-0.2, 0) is 0 Å². The van der Waals surface area contributed by atoms with Crippen LogP contribution in [0.4, 0.5) is 13.2 Å². The maximum absolute atomic E-state index is 15.2. The third-order valence-electron chi connectivity index (χ3n) is 6.51. The molecule has 2 aliphatic carbocycles. The van der Waals surface area contributed by atoms with E-state index >= 15 is 4.39 Å². The summed E-state index contributed by atoms with van der Waals surface area (Å²) in [5.41, 5.74) is 1.30. The Bertz CT molecular complexity index is 1060. The van der Waals surface area contributed by atoms with E-state index in [1.807, 2.05) is 0 Å². The minimum Gasteiger partial charge on any atom is -0.450 e. The molecule has 1 fully saturated rings.